The molecule has 0 radical (unpaired) electrons. The molecule has 0 aromatic heterocycles. The Morgan fingerprint density at radius 1 is 1.17 bits per heavy atom. The summed E-state index contributed by atoms with van der Waals surface area (Å²) in [4.78, 5) is 16.3. The van der Waals surface area contributed by atoms with Crippen LogP contribution in [0.3, 0.4) is 0 Å². The van der Waals surface area contributed by atoms with Gasteiger partial charge in [-0.05, 0) is 27.2 Å². The molecule has 1 N–H and O–H groups in total. The average molecular weight is 255 g/mol. The normalized spacial score (nSPS) is 23.4. The molecule has 104 valence electrons. The minimum atomic E-state index is -0.402. The molecule has 0 aromatic rings. The monoisotopic (exact) mass is 255 g/mol. The van der Waals surface area contributed by atoms with Gasteiger partial charge < -0.3 is 15.0 Å². The number of amides is 1. The van der Waals surface area contributed by atoms with Gasteiger partial charge in [0.15, 0.2) is 0 Å². The van der Waals surface area contributed by atoms with E-state index >= 15 is 0 Å². The van der Waals surface area contributed by atoms with Crippen molar-refractivity contribution < 1.29 is 9.53 Å². The number of carbonyl (C=O) groups is 1. The van der Waals surface area contributed by atoms with E-state index in [9.17, 15) is 4.79 Å². The summed E-state index contributed by atoms with van der Waals surface area (Å²) in [5.41, 5.74) is -0.402. The minimum absolute atomic E-state index is 0.170. The van der Waals surface area contributed by atoms with E-state index < -0.39 is 5.60 Å². The first-order valence-corrected chi connectivity index (χ1v) is 6.88. The lowest BCUT2D eigenvalue weighted by atomic mass is 10.1. The second-order valence-electron chi connectivity index (χ2n) is 6.17. The van der Waals surface area contributed by atoms with Crippen LogP contribution in [0, 0.1) is 0 Å². The van der Waals surface area contributed by atoms with Crippen molar-refractivity contribution in [1.82, 2.24) is 15.1 Å². The number of ether oxygens (including phenoxy) is 1. The van der Waals surface area contributed by atoms with Gasteiger partial charge in [0, 0.05) is 45.3 Å². The molecule has 2 rings (SSSR count). The molecular weight excluding hydrogens is 230 g/mol. The Bertz CT molecular complexity index is 297. The molecule has 0 bridgehead atoms. The first kappa shape index (κ1) is 13.6. The topological polar surface area (TPSA) is 44.8 Å². The van der Waals surface area contributed by atoms with Crippen LogP contribution in [0.4, 0.5) is 4.79 Å². The van der Waals surface area contributed by atoms with Crippen LogP contribution in [-0.4, -0.2) is 66.8 Å². The lowest BCUT2D eigenvalue weighted by Gasteiger charge is -2.37. The number of hydrogen-bond donors (Lipinski definition) is 1. The van der Waals surface area contributed by atoms with Gasteiger partial charge in [0.25, 0.3) is 0 Å². The van der Waals surface area contributed by atoms with Crippen molar-refractivity contribution in [3.05, 3.63) is 0 Å². The molecule has 2 fully saturated rings. The molecule has 18 heavy (non-hydrogen) atoms. The van der Waals surface area contributed by atoms with Crippen LogP contribution in [0.2, 0.25) is 0 Å². The van der Waals surface area contributed by atoms with Crippen LogP contribution in [0.25, 0.3) is 0 Å². The van der Waals surface area contributed by atoms with Crippen molar-refractivity contribution in [1.29, 1.82) is 0 Å². The molecule has 0 spiro atoms. The summed E-state index contributed by atoms with van der Waals surface area (Å²) in [6.45, 7) is 11.6. The molecular formula is C13H25N3O2. The molecule has 0 saturated carbocycles. The fraction of sp³-hybridized carbons (Fsp3) is 0.923. The Kier molecular flexibility index (Phi) is 4.12. The number of rotatable bonds is 1. The summed E-state index contributed by atoms with van der Waals surface area (Å²) in [5, 5.41) is 3.30. The fourth-order valence-electron chi connectivity index (χ4n) is 2.34. The van der Waals surface area contributed by atoms with E-state index in [0.717, 1.165) is 45.7 Å². The van der Waals surface area contributed by atoms with E-state index in [0.29, 0.717) is 6.04 Å². The summed E-state index contributed by atoms with van der Waals surface area (Å²) in [6.07, 6.45) is 0.867. The van der Waals surface area contributed by atoms with Crippen LogP contribution in [-0.2, 0) is 4.74 Å². The number of nitrogens with zero attached hydrogens (tertiary/aromatic N) is 2. The van der Waals surface area contributed by atoms with Crippen molar-refractivity contribution in [2.45, 2.75) is 38.8 Å². The first-order valence-electron chi connectivity index (χ1n) is 6.88. The van der Waals surface area contributed by atoms with Crippen molar-refractivity contribution in [3.8, 4) is 0 Å². The minimum Gasteiger partial charge on any atom is -0.444 e. The second kappa shape index (κ2) is 5.45. The van der Waals surface area contributed by atoms with Gasteiger partial charge in [-0.2, -0.15) is 0 Å². The quantitative estimate of drug-likeness (QED) is 0.756. The number of carbonyl (C=O) groups excluding carboxylic acids is 1. The zero-order chi connectivity index (χ0) is 13.2. The van der Waals surface area contributed by atoms with E-state index in [1.54, 1.807) is 0 Å². The molecule has 0 aromatic carbocycles. The maximum Gasteiger partial charge on any atom is 0.410 e. The maximum absolute atomic E-state index is 12.0. The SMILES string of the molecule is CC(C)(C)OC(=O)N1CCCN(C2CNC2)CC1. The summed E-state index contributed by atoms with van der Waals surface area (Å²) in [7, 11) is 0. The van der Waals surface area contributed by atoms with E-state index in [4.69, 9.17) is 4.74 Å². The van der Waals surface area contributed by atoms with Gasteiger partial charge in [0.2, 0.25) is 0 Å². The van der Waals surface area contributed by atoms with Crippen molar-refractivity contribution in [3.63, 3.8) is 0 Å². The van der Waals surface area contributed by atoms with Crippen LogP contribution >= 0.6 is 0 Å². The highest BCUT2D eigenvalue weighted by molar-refractivity contribution is 5.68. The zero-order valence-electron chi connectivity index (χ0n) is 11.7. The first-order chi connectivity index (χ1) is 8.46. The zero-order valence-corrected chi connectivity index (χ0v) is 11.7. The maximum atomic E-state index is 12.0. The molecule has 2 heterocycles. The standard InChI is InChI=1S/C13H25N3O2/c1-13(2,3)18-12(17)16-6-4-5-15(7-8-16)11-9-14-10-11/h11,14H,4-10H2,1-3H3. The Morgan fingerprint density at radius 2 is 1.89 bits per heavy atom. The second-order valence-corrected chi connectivity index (χ2v) is 6.17. The third-order valence-corrected chi connectivity index (χ3v) is 3.46. The Labute approximate surface area is 109 Å². The molecule has 0 unspecified atom stereocenters. The summed E-state index contributed by atoms with van der Waals surface area (Å²) >= 11 is 0. The van der Waals surface area contributed by atoms with Gasteiger partial charge in [-0.3, -0.25) is 4.90 Å². The molecule has 2 saturated heterocycles. The molecule has 5 heteroatoms. The Hall–Kier alpha value is -0.810. The lowest BCUT2D eigenvalue weighted by Crippen LogP contribution is -2.57. The number of nitrogens with one attached hydrogen (secondary N) is 1. The third kappa shape index (κ3) is 3.59. The molecule has 0 aliphatic carbocycles. The summed E-state index contributed by atoms with van der Waals surface area (Å²) in [5.74, 6) is 0. The Morgan fingerprint density at radius 3 is 2.44 bits per heavy atom. The molecule has 2 aliphatic heterocycles. The van der Waals surface area contributed by atoms with Gasteiger partial charge >= 0.3 is 6.09 Å². The van der Waals surface area contributed by atoms with E-state index in [1.807, 2.05) is 25.7 Å². The van der Waals surface area contributed by atoms with Gasteiger partial charge in [0.05, 0.1) is 0 Å². The molecule has 2 aliphatic rings. The van der Waals surface area contributed by atoms with Crippen LogP contribution in [0.15, 0.2) is 0 Å². The molecule has 0 atom stereocenters. The van der Waals surface area contributed by atoms with Crippen molar-refractivity contribution >= 4 is 6.09 Å². The highest BCUT2D eigenvalue weighted by Crippen LogP contribution is 2.14. The average Bonchev–Trinajstić information content (AvgIpc) is 2.38. The highest BCUT2D eigenvalue weighted by Gasteiger charge is 2.29. The third-order valence-electron chi connectivity index (χ3n) is 3.46. The van der Waals surface area contributed by atoms with Crippen molar-refractivity contribution in [2.75, 3.05) is 39.3 Å². The molecule has 1 amide bonds. The smallest absolute Gasteiger partial charge is 0.410 e. The van der Waals surface area contributed by atoms with E-state index in [2.05, 4.69) is 10.2 Å². The number of hydrogen-bond acceptors (Lipinski definition) is 4. The van der Waals surface area contributed by atoms with Crippen LogP contribution < -0.4 is 5.32 Å². The summed E-state index contributed by atoms with van der Waals surface area (Å²) in [6, 6.07) is 0.670. The Balaban J connectivity index is 1.82. The predicted molar refractivity (Wildman–Crippen MR) is 70.7 cm³/mol. The fourth-order valence-corrected chi connectivity index (χ4v) is 2.34. The van der Waals surface area contributed by atoms with Crippen molar-refractivity contribution in [2.24, 2.45) is 0 Å². The van der Waals surface area contributed by atoms with E-state index in [-0.39, 0.29) is 6.09 Å². The van der Waals surface area contributed by atoms with Gasteiger partial charge in [-0.25, -0.2) is 4.79 Å². The predicted octanol–water partition coefficient (Wildman–Crippen LogP) is 0.901. The van der Waals surface area contributed by atoms with E-state index in [1.165, 1.54) is 0 Å². The van der Waals surface area contributed by atoms with Gasteiger partial charge in [-0.15, -0.1) is 0 Å². The molecule has 5 nitrogen and oxygen atoms in total. The van der Waals surface area contributed by atoms with Crippen LogP contribution in [0.1, 0.15) is 27.2 Å². The van der Waals surface area contributed by atoms with Gasteiger partial charge in [0.1, 0.15) is 5.60 Å². The van der Waals surface area contributed by atoms with Gasteiger partial charge in [-0.1, -0.05) is 0 Å². The summed E-state index contributed by atoms with van der Waals surface area (Å²) < 4.78 is 5.42. The highest BCUT2D eigenvalue weighted by atomic mass is 16.6. The lowest BCUT2D eigenvalue weighted by molar-refractivity contribution is 0.0253. The largest absolute Gasteiger partial charge is 0.444 e. The van der Waals surface area contributed by atoms with Crippen LogP contribution in [0.5, 0.6) is 0 Å².